The molecular weight excluding hydrogens is 336 g/mol. The van der Waals surface area contributed by atoms with Crippen molar-refractivity contribution in [2.45, 2.75) is 19.3 Å². The van der Waals surface area contributed by atoms with E-state index in [2.05, 4.69) is 5.43 Å². The lowest BCUT2D eigenvalue weighted by molar-refractivity contribution is 0.0958. The molecule has 7 heteroatoms. The van der Waals surface area contributed by atoms with Crippen molar-refractivity contribution in [3.63, 3.8) is 0 Å². The lowest BCUT2D eigenvalue weighted by atomic mass is 9.96. The van der Waals surface area contributed by atoms with Crippen LogP contribution in [0.2, 0.25) is 0 Å². The number of amides is 1. The predicted octanol–water partition coefficient (Wildman–Crippen LogP) is 2.65. The Labute approximate surface area is 148 Å². The normalized spacial score (nSPS) is 13.0. The average molecular weight is 354 g/mol. The van der Waals surface area contributed by atoms with Crippen LogP contribution in [0.5, 0.6) is 5.75 Å². The van der Waals surface area contributed by atoms with E-state index in [-0.39, 0.29) is 5.91 Å². The molecule has 1 amide bonds. The number of nitrogen functional groups attached to an aromatic ring is 2. The zero-order valence-electron chi connectivity index (χ0n) is 13.8. The summed E-state index contributed by atoms with van der Waals surface area (Å²) in [6.45, 7) is 0. The highest BCUT2D eigenvalue weighted by Crippen LogP contribution is 2.44. The fourth-order valence-corrected chi connectivity index (χ4v) is 4.48. The maximum Gasteiger partial charge on any atom is 0.277 e. The summed E-state index contributed by atoms with van der Waals surface area (Å²) in [6.07, 6.45) is 3.00. The molecule has 0 saturated heterocycles. The molecule has 5 N–H and O–H groups in total. The van der Waals surface area contributed by atoms with E-state index in [9.17, 15) is 4.79 Å². The molecule has 128 valence electrons. The number of rotatable bonds is 3. The van der Waals surface area contributed by atoms with Crippen LogP contribution in [0, 0.1) is 0 Å². The first-order chi connectivity index (χ1) is 12.1. The number of benzene rings is 1. The number of nitrogens with two attached hydrogens (primary N) is 2. The third-order valence-corrected chi connectivity index (χ3v) is 5.72. The lowest BCUT2D eigenvalue weighted by Gasteiger charge is -2.12. The molecule has 0 unspecified atom stereocenters. The summed E-state index contributed by atoms with van der Waals surface area (Å²) in [5.74, 6) is 5.70. The average Bonchev–Trinajstić information content (AvgIpc) is 3.24. The van der Waals surface area contributed by atoms with Crippen LogP contribution in [0.25, 0.3) is 21.3 Å². The van der Waals surface area contributed by atoms with Crippen LogP contribution < -0.4 is 21.7 Å². The molecular formula is C18H18N4O2S. The maximum atomic E-state index is 12.0. The van der Waals surface area contributed by atoms with Crippen LogP contribution in [0.1, 0.15) is 27.3 Å². The van der Waals surface area contributed by atoms with Gasteiger partial charge in [0.1, 0.15) is 15.5 Å². The van der Waals surface area contributed by atoms with E-state index in [1.165, 1.54) is 16.9 Å². The Morgan fingerprint density at radius 1 is 1.28 bits per heavy atom. The van der Waals surface area contributed by atoms with E-state index in [1.807, 2.05) is 24.3 Å². The second kappa shape index (κ2) is 6.02. The number of thiophene rings is 1. The van der Waals surface area contributed by atoms with Crippen molar-refractivity contribution in [1.82, 2.24) is 10.4 Å². The largest absolute Gasteiger partial charge is 0.497 e. The molecule has 1 aromatic carbocycles. The first-order valence-corrected chi connectivity index (χ1v) is 8.84. The van der Waals surface area contributed by atoms with Crippen LogP contribution in [0.15, 0.2) is 24.3 Å². The minimum absolute atomic E-state index is 0.388. The number of hydrogen-bond acceptors (Lipinski definition) is 6. The summed E-state index contributed by atoms with van der Waals surface area (Å²) in [4.78, 5) is 18.0. The van der Waals surface area contributed by atoms with E-state index < -0.39 is 0 Å². The van der Waals surface area contributed by atoms with Crippen molar-refractivity contribution in [3.05, 3.63) is 40.4 Å². The molecule has 3 aromatic rings. The van der Waals surface area contributed by atoms with Crippen molar-refractivity contribution < 1.29 is 9.53 Å². The van der Waals surface area contributed by atoms with Gasteiger partial charge in [0.05, 0.1) is 12.8 Å². The topological polar surface area (TPSA) is 103 Å². The number of nitrogens with one attached hydrogen (secondary N) is 1. The maximum absolute atomic E-state index is 12.0. The monoisotopic (exact) mass is 354 g/mol. The zero-order chi connectivity index (χ0) is 17.6. The Morgan fingerprint density at radius 2 is 2.04 bits per heavy atom. The highest BCUT2D eigenvalue weighted by Gasteiger charge is 2.26. The van der Waals surface area contributed by atoms with Crippen LogP contribution in [0.3, 0.4) is 0 Å². The number of pyridine rings is 1. The molecule has 1 aliphatic carbocycles. The fourth-order valence-electron chi connectivity index (χ4n) is 3.46. The van der Waals surface area contributed by atoms with Gasteiger partial charge in [0.15, 0.2) is 0 Å². The van der Waals surface area contributed by atoms with Gasteiger partial charge in [-0.15, -0.1) is 11.3 Å². The summed E-state index contributed by atoms with van der Waals surface area (Å²) in [6, 6.07) is 7.90. The zero-order valence-corrected chi connectivity index (χ0v) is 14.6. The van der Waals surface area contributed by atoms with Gasteiger partial charge >= 0.3 is 0 Å². The van der Waals surface area contributed by atoms with Crippen molar-refractivity contribution in [3.8, 4) is 16.9 Å². The second-order valence-electron chi connectivity index (χ2n) is 5.99. The Kier molecular flexibility index (Phi) is 3.82. The number of fused-ring (bicyclic) bond motifs is 2. The minimum atomic E-state index is -0.388. The molecule has 2 aromatic heterocycles. The number of aromatic nitrogens is 1. The smallest absolute Gasteiger partial charge is 0.277 e. The predicted molar refractivity (Wildman–Crippen MR) is 99.7 cm³/mol. The van der Waals surface area contributed by atoms with Gasteiger partial charge in [-0.05, 0) is 48.1 Å². The number of hydrazine groups is 1. The first-order valence-electron chi connectivity index (χ1n) is 8.03. The van der Waals surface area contributed by atoms with Crippen LogP contribution >= 0.6 is 11.3 Å². The quantitative estimate of drug-likeness (QED) is 0.381. The molecule has 0 fully saturated rings. The van der Waals surface area contributed by atoms with Gasteiger partial charge in [0.25, 0.3) is 5.91 Å². The van der Waals surface area contributed by atoms with Gasteiger partial charge in [-0.2, -0.15) is 0 Å². The standard InChI is InChI=1S/C18H18N4O2S/c1-24-10-7-5-9(6-8-10)13-11-3-2-4-12(11)21-18-14(13)15(19)16(25-18)17(23)22-20/h5-8H,2-4,19-20H2,1H3,(H,22,23). The third-order valence-electron chi connectivity index (χ3n) is 4.62. The van der Waals surface area contributed by atoms with Crippen LogP contribution in [-0.4, -0.2) is 18.0 Å². The Balaban J connectivity index is 2.03. The second-order valence-corrected chi connectivity index (χ2v) is 6.99. The number of anilines is 1. The Bertz CT molecular complexity index is 979. The first kappa shape index (κ1) is 15.9. The summed E-state index contributed by atoms with van der Waals surface area (Å²) < 4.78 is 5.26. The summed E-state index contributed by atoms with van der Waals surface area (Å²) in [5, 5.41) is 0.842. The molecule has 0 bridgehead atoms. The number of methoxy groups -OCH3 is 1. The number of carbonyl (C=O) groups is 1. The molecule has 0 saturated carbocycles. The minimum Gasteiger partial charge on any atom is -0.497 e. The van der Waals surface area contributed by atoms with E-state index in [0.717, 1.165) is 52.0 Å². The molecule has 0 radical (unpaired) electrons. The van der Waals surface area contributed by atoms with Gasteiger partial charge in [0, 0.05) is 11.1 Å². The summed E-state index contributed by atoms with van der Waals surface area (Å²) in [5.41, 5.74) is 13.4. The van der Waals surface area contributed by atoms with Crippen molar-refractivity contribution in [2.75, 3.05) is 12.8 Å². The molecule has 0 atom stereocenters. The Hall–Kier alpha value is -2.64. The lowest BCUT2D eigenvalue weighted by Crippen LogP contribution is -2.29. The van der Waals surface area contributed by atoms with Crippen LogP contribution in [-0.2, 0) is 12.8 Å². The SMILES string of the molecule is COc1ccc(-c2c3c(nc4sc(C(=O)NN)c(N)c24)CCC3)cc1. The van der Waals surface area contributed by atoms with Crippen LogP contribution in [0.4, 0.5) is 5.69 Å². The van der Waals surface area contributed by atoms with Gasteiger partial charge < -0.3 is 10.5 Å². The number of hydrogen-bond donors (Lipinski definition) is 3. The fraction of sp³-hybridized carbons (Fsp3) is 0.222. The molecule has 2 heterocycles. The Morgan fingerprint density at radius 3 is 2.72 bits per heavy atom. The van der Waals surface area contributed by atoms with E-state index in [1.54, 1.807) is 7.11 Å². The number of nitrogens with zero attached hydrogens (tertiary/aromatic N) is 1. The number of ether oxygens (including phenoxy) is 1. The van der Waals surface area contributed by atoms with E-state index in [0.29, 0.717) is 10.6 Å². The molecule has 4 rings (SSSR count). The van der Waals surface area contributed by atoms with Crippen molar-refractivity contribution in [1.29, 1.82) is 0 Å². The highest BCUT2D eigenvalue weighted by molar-refractivity contribution is 7.21. The van der Waals surface area contributed by atoms with Gasteiger partial charge in [-0.1, -0.05) is 12.1 Å². The molecule has 0 aliphatic heterocycles. The summed E-state index contributed by atoms with van der Waals surface area (Å²) >= 11 is 1.29. The van der Waals surface area contributed by atoms with E-state index >= 15 is 0 Å². The van der Waals surface area contributed by atoms with Gasteiger partial charge in [0.2, 0.25) is 0 Å². The van der Waals surface area contributed by atoms with Gasteiger partial charge in [-0.3, -0.25) is 10.2 Å². The third kappa shape index (κ3) is 2.43. The number of aryl methyl sites for hydroxylation is 1. The van der Waals surface area contributed by atoms with Crippen molar-refractivity contribution in [2.24, 2.45) is 5.84 Å². The number of carbonyl (C=O) groups excluding carboxylic acids is 1. The van der Waals surface area contributed by atoms with Gasteiger partial charge in [-0.25, -0.2) is 10.8 Å². The summed E-state index contributed by atoms with van der Waals surface area (Å²) in [7, 11) is 1.64. The van der Waals surface area contributed by atoms with Crippen molar-refractivity contribution >= 4 is 33.1 Å². The highest BCUT2D eigenvalue weighted by atomic mass is 32.1. The molecule has 6 nitrogen and oxygen atoms in total. The molecule has 0 spiro atoms. The van der Waals surface area contributed by atoms with E-state index in [4.69, 9.17) is 21.3 Å². The molecule has 1 aliphatic rings. The molecule has 25 heavy (non-hydrogen) atoms.